The van der Waals surface area contributed by atoms with Crippen LogP contribution in [0.5, 0.6) is 0 Å². The van der Waals surface area contributed by atoms with E-state index in [1.807, 2.05) is 19.1 Å². The highest BCUT2D eigenvalue weighted by atomic mass is 16.5. The summed E-state index contributed by atoms with van der Waals surface area (Å²) in [6, 6.07) is 12.5. The Labute approximate surface area is 202 Å². The summed E-state index contributed by atoms with van der Waals surface area (Å²) < 4.78 is 5.07. The summed E-state index contributed by atoms with van der Waals surface area (Å²) in [5.41, 5.74) is 1.66. The number of esters is 1. The van der Waals surface area contributed by atoms with Gasteiger partial charge in [-0.15, -0.1) is 0 Å². The van der Waals surface area contributed by atoms with E-state index < -0.39 is 18.5 Å². The van der Waals surface area contributed by atoms with Gasteiger partial charge in [-0.25, -0.2) is 4.79 Å². The van der Waals surface area contributed by atoms with Crippen LogP contribution in [0, 0.1) is 17.8 Å². The molecule has 0 aromatic heterocycles. The van der Waals surface area contributed by atoms with Gasteiger partial charge in [0.15, 0.2) is 6.61 Å². The minimum atomic E-state index is -0.710. The topological polar surface area (TPSA) is 122 Å². The monoisotopic (exact) mass is 475 g/mol. The number of rotatable bonds is 6. The molecule has 1 fully saturated rings. The molecule has 2 aromatic rings. The summed E-state index contributed by atoms with van der Waals surface area (Å²) in [6.07, 6.45) is 4.45. The van der Waals surface area contributed by atoms with Gasteiger partial charge in [-0.1, -0.05) is 19.1 Å². The highest BCUT2D eigenvalue weighted by molar-refractivity contribution is 6.22. The minimum absolute atomic E-state index is 0.00857. The Morgan fingerprint density at radius 3 is 2.17 bits per heavy atom. The molecule has 9 nitrogen and oxygen atoms in total. The van der Waals surface area contributed by atoms with Crippen LogP contribution in [0.15, 0.2) is 60.7 Å². The number of carbonyl (C=O) groups excluding carboxylic acids is 5. The van der Waals surface area contributed by atoms with Gasteiger partial charge in [0.1, 0.15) is 0 Å². The Kier molecular flexibility index (Phi) is 6.77. The van der Waals surface area contributed by atoms with Gasteiger partial charge in [0.2, 0.25) is 17.7 Å². The lowest BCUT2D eigenvalue weighted by Crippen LogP contribution is -2.31. The number of nitrogens with one attached hydrogen (secondary N) is 2. The summed E-state index contributed by atoms with van der Waals surface area (Å²) in [5, 5.41) is 5.22. The van der Waals surface area contributed by atoms with Crippen LogP contribution in [-0.4, -0.2) is 36.2 Å². The van der Waals surface area contributed by atoms with Crippen LogP contribution < -0.4 is 15.5 Å². The smallest absolute Gasteiger partial charge is 0.338 e. The van der Waals surface area contributed by atoms with Crippen LogP contribution in [-0.2, 0) is 23.9 Å². The molecule has 2 aromatic carbocycles. The van der Waals surface area contributed by atoms with Crippen molar-refractivity contribution in [3.8, 4) is 0 Å². The van der Waals surface area contributed by atoms with Crippen LogP contribution in [0.3, 0.4) is 0 Å². The van der Waals surface area contributed by atoms with Crippen LogP contribution in [0.2, 0.25) is 0 Å². The molecule has 1 aliphatic carbocycles. The zero-order valence-electron chi connectivity index (χ0n) is 19.3. The fraction of sp³-hybridized carbons (Fsp3) is 0.269. The molecule has 180 valence electrons. The number of fused-ring (bicyclic) bond motifs is 1. The van der Waals surface area contributed by atoms with E-state index in [0.717, 1.165) is 0 Å². The molecular formula is C26H25N3O6. The molecule has 3 atom stereocenters. The van der Waals surface area contributed by atoms with Crippen LogP contribution in [0.25, 0.3) is 0 Å². The fourth-order valence-corrected chi connectivity index (χ4v) is 4.40. The van der Waals surface area contributed by atoms with E-state index in [1.165, 1.54) is 36.1 Å². The predicted octanol–water partition coefficient (Wildman–Crippen LogP) is 3.14. The van der Waals surface area contributed by atoms with Crippen molar-refractivity contribution in [2.75, 3.05) is 22.1 Å². The van der Waals surface area contributed by atoms with Gasteiger partial charge in [0.05, 0.1) is 23.1 Å². The lowest BCUT2D eigenvalue weighted by atomic mass is 9.78. The number of nitrogens with zero attached hydrogens (tertiary/aromatic N) is 1. The fourth-order valence-electron chi connectivity index (χ4n) is 4.40. The first kappa shape index (κ1) is 23.9. The number of imide groups is 1. The standard InChI is InChI=1S/C26H25N3O6/c1-15-4-3-5-21-23(15)25(33)29(24(21)32)20-12-6-17(7-13-20)26(34)35-14-22(31)28-19-10-8-18(9-11-19)27-16(2)30/h3-4,6-13,15,21,23H,5,14H2,1-2H3,(H,27,30)(H,28,31)/t15-,21+,23+/m0/s1. The SMILES string of the molecule is CC(=O)Nc1ccc(NC(=O)COC(=O)c2ccc(N3C(=O)[C@@H]4[C@@H](C)C=CC[C@H]4C3=O)cc2)cc1. The predicted molar refractivity (Wildman–Crippen MR) is 128 cm³/mol. The van der Waals surface area contributed by atoms with Crippen molar-refractivity contribution in [1.29, 1.82) is 0 Å². The van der Waals surface area contributed by atoms with Crippen LogP contribution in [0.4, 0.5) is 17.1 Å². The Morgan fingerprint density at radius 2 is 1.57 bits per heavy atom. The number of hydrogen-bond acceptors (Lipinski definition) is 6. The highest BCUT2D eigenvalue weighted by Gasteiger charge is 2.50. The lowest BCUT2D eigenvalue weighted by Gasteiger charge is -2.22. The van der Waals surface area contributed by atoms with Gasteiger partial charge in [-0.2, -0.15) is 0 Å². The molecule has 0 bridgehead atoms. The van der Waals surface area contributed by atoms with Gasteiger partial charge in [-0.3, -0.25) is 24.1 Å². The molecular weight excluding hydrogens is 450 g/mol. The van der Waals surface area contributed by atoms with E-state index in [-0.39, 0.29) is 41.0 Å². The molecule has 0 saturated carbocycles. The van der Waals surface area contributed by atoms with Gasteiger partial charge >= 0.3 is 5.97 Å². The maximum absolute atomic E-state index is 12.9. The van der Waals surface area contributed by atoms with Gasteiger partial charge in [-0.05, 0) is 60.9 Å². The molecule has 35 heavy (non-hydrogen) atoms. The lowest BCUT2D eigenvalue weighted by molar-refractivity contribution is -0.123. The third-order valence-electron chi connectivity index (χ3n) is 6.06. The summed E-state index contributed by atoms with van der Waals surface area (Å²) in [7, 11) is 0. The molecule has 9 heteroatoms. The number of amides is 4. The summed E-state index contributed by atoms with van der Waals surface area (Å²) in [6.45, 7) is 2.83. The number of hydrogen-bond donors (Lipinski definition) is 2. The van der Waals surface area contributed by atoms with Crippen molar-refractivity contribution >= 4 is 46.7 Å². The zero-order valence-corrected chi connectivity index (χ0v) is 19.3. The van der Waals surface area contributed by atoms with E-state index in [1.54, 1.807) is 24.3 Å². The van der Waals surface area contributed by atoms with Crippen molar-refractivity contribution in [2.24, 2.45) is 17.8 Å². The van der Waals surface area contributed by atoms with Crippen molar-refractivity contribution in [3.05, 3.63) is 66.2 Å². The highest BCUT2D eigenvalue weighted by Crippen LogP contribution is 2.40. The second-order valence-corrected chi connectivity index (χ2v) is 8.60. The molecule has 1 heterocycles. The van der Waals surface area contributed by atoms with Crippen molar-refractivity contribution in [1.82, 2.24) is 0 Å². The van der Waals surface area contributed by atoms with E-state index in [0.29, 0.717) is 23.5 Å². The number of allylic oxidation sites excluding steroid dienone is 2. The van der Waals surface area contributed by atoms with E-state index in [2.05, 4.69) is 10.6 Å². The first-order valence-corrected chi connectivity index (χ1v) is 11.2. The molecule has 1 saturated heterocycles. The maximum Gasteiger partial charge on any atom is 0.338 e. The quantitative estimate of drug-likeness (QED) is 0.376. The minimum Gasteiger partial charge on any atom is -0.452 e. The summed E-state index contributed by atoms with van der Waals surface area (Å²) in [5.74, 6) is -2.62. The normalized spacial score (nSPS) is 20.9. The second-order valence-electron chi connectivity index (χ2n) is 8.60. The number of carbonyl (C=O) groups is 5. The summed E-state index contributed by atoms with van der Waals surface area (Å²) in [4.78, 5) is 62.4. The molecule has 2 N–H and O–H groups in total. The third-order valence-corrected chi connectivity index (χ3v) is 6.06. The summed E-state index contributed by atoms with van der Waals surface area (Å²) >= 11 is 0. The van der Waals surface area contributed by atoms with Crippen molar-refractivity contribution < 1.29 is 28.7 Å². The maximum atomic E-state index is 12.9. The Balaban J connectivity index is 1.32. The molecule has 4 rings (SSSR count). The second kappa shape index (κ2) is 9.92. The first-order chi connectivity index (χ1) is 16.7. The average Bonchev–Trinajstić information content (AvgIpc) is 3.09. The Bertz CT molecular complexity index is 1200. The Hall–Kier alpha value is -4.27. The zero-order chi connectivity index (χ0) is 25.1. The van der Waals surface area contributed by atoms with E-state index >= 15 is 0 Å². The van der Waals surface area contributed by atoms with Crippen molar-refractivity contribution in [2.45, 2.75) is 20.3 Å². The molecule has 0 spiro atoms. The van der Waals surface area contributed by atoms with Crippen molar-refractivity contribution in [3.63, 3.8) is 0 Å². The van der Waals surface area contributed by atoms with Gasteiger partial charge in [0, 0.05) is 18.3 Å². The van der Waals surface area contributed by atoms with Crippen LogP contribution >= 0.6 is 0 Å². The first-order valence-electron chi connectivity index (χ1n) is 11.2. The Morgan fingerprint density at radius 1 is 0.943 bits per heavy atom. The van der Waals surface area contributed by atoms with Gasteiger partial charge in [0.25, 0.3) is 5.91 Å². The molecule has 2 aliphatic rings. The molecule has 1 aliphatic heterocycles. The van der Waals surface area contributed by atoms with Gasteiger partial charge < -0.3 is 15.4 Å². The third kappa shape index (κ3) is 5.13. The number of anilines is 3. The molecule has 4 amide bonds. The van der Waals surface area contributed by atoms with E-state index in [4.69, 9.17) is 4.74 Å². The molecule has 0 radical (unpaired) electrons. The van der Waals surface area contributed by atoms with E-state index in [9.17, 15) is 24.0 Å². The molecule has 0 unspecified atom stereocenters. The van der Waals surface area contributed by atoms with Crippen LogP contribution in [0.1, 0.15) is 30.6 Å². The number of benzene rings is 2. The number of ether oxygens (including phenoxy) is 1. The largest absolute Gasteiger partial charge is 0.452 e. The average molecular weight is 476 g/mol.